The van der Waals surface area contributed by atoms with E-state index in [9.17, 15) is 9.59 Å². The Morgan fingerprint density at radius 2 is 1.87 bits per heavy atom. The number of thioether (sulfide) groups is 1. The van der Waals surface area contributed by atoms with Gasteiger partial charge in [0.25, 0.3) is 5.91 Å². The fourth-order valence-electron chi connectivity index (χ4n) is 3.61. The van der Waals surface area contributed by atoms with Crippen molar-refractivity contribution in [1.82, 2.24) is 9.47 Å². The summed E-state index contributed by atoms with van der Waals surface area (Å²) in [5.41, 5.74) is 4.34. The van der Waals surface area contributed by atoms with Gasteiger partial charge in [0.05, 0.1) is 17.6 Å². The normalized spacial score (nSPS) is 16.9. The lowest BCUT2D eigenvalue weighted by Crippen LogP contribution is -2.35. The van der Waals surface area contributed by atoms with E-state index in [-0.39, 0.29) is 24.0 Å². The highest BCUT2D eigenvalue weighted by Gasteiger charge is 2.35. The molecule has 1 amide bonds. The van der Waals surface area contributed by atoms with Crippen molar-refractivity contribution in [2.75, 3.05) is 7.11 Å². The molecule has 1 aliphatic rings. The lowest BCUT2D eigenvalue weighted by Gasteiger charge is -2.20. The van der Waals surface area contributed by atoms with Gasteiger partial charge in [-0.3, -0.25) is 14.7 Å². The molecule has 2 heterocycles. The van der Waals surface area contributed by atoms with E-state index >= 15 is 0 Å². The summed E-state index contributed by atoms with van der Waals surface area (Å²) in [6, 6.07) is 9.54. The van der Waals surface area contributed by atoms with Crippen molar-refractivity contribution < 1.29 is 14.3 Å². The molecule has 0 spiro atoms. The number of amidine groups is 1. The third kappa shape index (κ3) is 4.61. The van der Waals surface area contributed by atoms with Gasteiger partial charge in [0.2, 0.25) is 0 Å². The fourth-order valence-corrected chi connectivity index (χ4v) is 4.84. The first-order valence-corrected chi connectivity index (χ1v) is 11.1. The summed E-state index contributed by atoms with van der Waals surface area (Å²) in [6.07, 6.45) is 1.94. The Morgan fingerprint density at radius 3 is 2.48 bits per heavy atom. The highest BCUT2D eigenvalue weighted by atomic mass is 32.2. The number of hydrogen-bond donors (Lipinski definition) is 0. The molecule has 3 rings (SSSR count). The number of aromatic nitrogens is 1. The van der Waals surface area contributed by atoms with Crippen LogP contribution in [0.3, 0.4) is 0 Å². The van der Waals surface area contributed by atoms with E-state index in [0.717, 1.165) is 27.8 Å². The van der Waals surface area contributed by atoms with Crippen LogP contribution in [0.2, 0.25) is 0 Å². The Morgan fingerprint density at radius 1 is 1.16 bits per heavy atom. The summed E-state index contributed by atoms with van der Waals surface area (Å²) in [5.74, 6) is -0.387. The number of amides is 1. The molecule has 1 fully saturated rings. The van der Waals surface area contributed by atoms with Crippen LogP contribution in [0.4, 0.5) is 0 Å². The number of esters is 1. The van der Waals surface area contributed by atoms with Crippen molar-refractivity contribution in [2.24, 2.45) is 4.99 Å². The molecule has 1 aromatic heterocycles. The zero-order valence-electron chi connectivity index (χ0n) is 19.1. The van der Waals surface area contributed by atoms with Crippen LogP contribution in [0.25, 0.3) is 11.8 Å². The average Bonchev–Trinajstić information content (AvgIpc) is 3.16. The summed E-state index contributed by atoms with van der Waals surface area (Å²) in [5, 5.41) is 0.751. The van der Waals surface area contributed by atoms with Gasteiger partial charge >= 0.3 is 5.97 Å². The third-order valence-corrected chi connectivity index (χ3v) is 6.00. The first-order valence-electron chi connectivity index (χ1n) is 10.3. The lowest BCUT2D eigenvalue weighted by molar-refractivity contribution is -0.123. The van der Waals surface area contributed by atoms with E-state index in [4.69, 9.17) is 4.74 Å². The first kappa shape index (κ1) is 22.9. The quantitative estimate of drug-likeness (QED) is 0.487. The topological polar surface area (TPSA) is 63.9 Å². The fraction of sp³-hybridized carbons (Fsp3) is 0.375. The highest BCUT2D eigenvalue weighted by Crippen LogP contribution is 2.35. The number of rotatable bonds is 5. The van der Waals surface area contributed by atoms with E-state index in [1.807, 2.05) is 65.8 Å². The maximum atomic E-state index is 13.1. The minimum atomic E-state index is -0.370. The summed E-state index contributed by atoms with van der Waals surface area (Å²) in [4.78, 5) is 32.1. The minimum absolute atomic E-state index is 0.0168. The number of ether oxygens (including phenoxy) is 1. The molecule has 2 aromatic rings. The minimum Gasteiger partial charge on any atom is -0.465 e. The van der Waals surface area contributed by atoms with Crippen molar-refractivity contribution in [3.05, 3.63) is 57.8 Å². The number of methoxy groups -OCH3 is 1. The smallest absolute Gasteiger partial charge is 0.337 e. The number of aryl methyl sites for hydroxylation is 1. The van der Waals surface area contributed by atoms with Crippen molar-refractivity contribution in [1.29, 1.82) is 0 Å². The molecule has 1 saturated heterocycles. The molecule has 0 radical (unpaired) electrons. The zero-order valence-corrected chi connectivity index (χ0v) is 19.9. The van der Waals surface area contributed by atoms with E-state index in [1.54, 1.807) is 11.0 Å². The van der Waals surface area contributed by atoms with Crippen LogP contribution in [0.15, 0.2) is 40.2 Å². The van der Waals surface area contributed by atoms with Crippen molar-refractivity contribution in [3.63, 3.8) is 0 Å². The van der Waals surface area contributed by atoms with E-state index in [1.165, 1.54) is 18.9 Å². The lowest BCUT2D eigenvalue weighted by atomic mass is 10.2. The monoisotopic (exact) mass is 439 g/mol. The van der Waals surface area contributed by atoms with E-state index in [2.05, 4.69) is 15.6 Å². The molecule has 31 heavy (non-hydrogen) atoms. The Labute approximate surface area is 188 Å². The largest absolute Gasteiger partial charge is 0.465 e. The van der Waals surface area contributed by atoms with Crippen LogP contribution >= 0.6 is 11.8 Å². The van der Waals surface area contributed by atoms with Gasteiger partial charge in [-0.05, 0) is 89.2 Å². The standard InChI is InChI=1S/C24H29N3O3S/c1-14(2)25-24-26(15(3)4)22(28)21(31-24)13-19-11-16(5)27(17(19)6)20-10-8-9-18(12-20)23(29)30-7/h8-15H,1-7H3/b21-13+,25-24?. The van der Waals surface area contributed by atoms with Gasteiger partial charge in [0, 0.05) is 29.2 Å². The maximum Gasteiger partial charge on any atom is 0.337 e. The van der Waals surface area contributed by atoms with Crippen LogP contribution < -0.4 is 0 Å². The summed E-state index contributed by atoms with van der Waals surface area (Å²) < 4.78 is 6.92. The van der Waals surface area contributed by atoms with Crippen LogP contribution in [-0.2, 0) is 9.53 Å². The van der Waals surface area contributed by atoms with Gasteiger partial charge in [-0.2, -0.15) is 0 Å². The van der Waals surface area contributed by atoms with Crippen LogP contribution in [0, 0.1) is 13.8 Å². The predicted molar refractivity (Wildman–Crippen MR) is 127 cm³/mol. The van der Waals surface area contributed by atoms with Crippen molar-refractivity contribution in [2.45, 2.75) is 53.6 Å². The van der Waals surface area contributed by atoms with Gasteiger partial charge in [-0.15, -0.1) is 0 Å². The molecule has 0 atom stereocenters. The Bertz CT molecular complexity index is 1080. The van der Waals surface area contributed by atoms with Gasteiger partial charge in [0.1, 0.15) is 0 Å². The Balaban J connectivity index is 2.02. The number of nitrogens with zero attached hydrogens (tertiary/aromatic N) is 3. The Hall–Kier alpha value is -2.80. The third-order valence-electron chi connectivity index (χ3n) is 5.00. The van der Waals surface area contributed by atoms with Gasteiger partial charge in [-0.25, -0.2) is 4.79 Å². The summed E-state index contributed by atoms with van der Waals surface area (Å²) in [7, 11) is 1.37. The second-order valence-electron chi connectivity index (χ2n) is 8.09. The highest BCUT2D eigenvalue weighted by molar-refractivity contribution is 8.18. The molecular formula is C24H29N3O3S. The molecule has 0 N–H and O–H groups in total. The number of aliphatic imine (C=N–C) groups is 1. The predicted octanol–water partition coefficient (Wildman–Crippen LogP) is 4.97. The average molecular weight is 440 g/mol. The molecule has 0 aliphatic carbocycles. The van der Waals surface area contributed by atoms with Crippen LogP contribution in [0.1, 0.15) is 55.0 Å². The van der Waals surface area contributed by atoms with Gasteiger partial charge in [0.15, 0.2) is 5.17 Å². The van der Waals surface area contributed by atoms with Crippen molar-refractivity contribution in [3.8, 4) is 5.69 Å². The second kappa shape index (κ2) is 9.14. The number of carbonyl (C=O) groups is 2. The summed E-state index contributed by atoms with van der Waals surface area (Å²) in [6.45, 7) is 12.0. The molecule has 0 saturated carbocycles. The second-order valence-corrected chi connectivity index (χ2v) is 9.10. The maximum absolute atomic E-state index is 13.1. The zero-order chi connectivity index (χ0) is 22.9. The van der Waals surface area contributed by atoms with Crippen LogP contribution in [0.5, 0.6) is 0 Å². The van der Waals surface area contributed by atoms with Gasteiger partial charge < -0.3 is 9.30 Å². The molecule has 6 nitrogen and oxygen atoms in total. The van der Waals surface area contributed by atoms with E-state index in [0.29, 0.717) is 10.5 Å². The SMILES string of the molecule is COC(=O)c1cccc(-n2c(C)cc(/C=C3/SC(=NC(C)C)N(C(C)C)C3=O)c2C)c1. The molecule has 7 heteroatoms. The molecule has 1 aromatic carbocycles. The number of carbonyl (C=O) groups excluding carboxylic acids is 2. The Kier molecular flexibility index (Phi) is 6.74. The number of hydrogen-bond acceptors (Lipinski definition) is 5. The summed E-state index contributed by atoms with van der Waals surface area (Å²) >= 11 is 1.42. The van der Waals surface area contributed by atoms with Gasteiger partial charge in [-0.1, -0.05) is 6.07 Å². The molecule has 0 bridgehead atoms. The van der Waals surface area contributed by atoms with E-state index < -0.39 is 0 Å². The molecular weight excluding hydrogens is 410 g/mol. The molecule has 164 valence electrons. The number of benzene rings is 1. The first-order chi connectivity index (χ1) is 14.6. The molecule has 1 aliphatic heterocycles. The van der Waals surface area contributed by atoms with Crippen LogP contribution in [-0.4, -0.2) is 45.7 Å². The van der Waals surface area contributed by atoms with Crippen molar-refractivity contribution >= 4 is 34.9 Å². The molecule has 0 unspecified atom stereocenters.